The van der Waals surface area contributed by atoms with Crippen LogP contribution in [0.2, 0.25) is 0 Å². The highest BCUT2D eigenvalue weighted by Gasteiger charge is 2.29. The Bertz CT molecular complexity index is 1080. The van der Waals surface area contributed by atoms with Crippen molar-refractivity contribution < 1.29 is 5.11 Å². The number of hydrogen-bond donors (Lipinski definition) is 3. The molecule has 0 amide bonds. The van der Waals surface area contributed by atoms with Gasteiger partial charge in [-0.1, -0.05) is 0 Å². The molecule has 0 radical (unpaired) electrons. The third-order valence-corrected chi connectivity index (χ3v) is 5.63. The van der Waals surface area contributed by atoms with E-state index in [-0.39, 0.29) is 17.4 Å². The number of nitrogens with one attached hydrogen (secondary N) is 1. The standard InChI is InChI=1S/C19H27N7O2/c1-11(2)26-10-12(16-15(18(26)27)17(20)22-21-16)13-9-14(24(4)23-13)25-7-5-19(3,28)6-8-25/h9-11,28H,5-8H2,1-4H3,(H3,20,21,22). The second-order valence-electron chi connectivity index (χ2n) is 8.20. The van der Waals surface area contributed by atoms with Crippen LogP contribution in [0.25, 0.3) is 22.2 Å². The van der Waals surface area contributed by atoms with E-state index < -0.39 is 5.60 Å². The number of hydrogen-bond acceptors (Lipinski definition) is 6. The molecule has 9 heteroatoms. The number of nitrogens with zero attached hydrogens (tertiary/aromatic N) is 5. The van der Waals surface area contributed by atoms with Crippen molar-refractivity contribution >= 4 is 22.5 Å². The zero-order chi connectivity index (χ0) is 20.2. The van der Waals surface area contributed by atoms with E-state index >= 15 is 0 Å². The van der Waals surface area contributed by atoms with Gasteiger partial charge in [0.05, 0.1) is 16.8 Å². The summed E-state index contributed by atoms with van der Waals surface area (Å²) in [5.74, 6) is 1.18. The van der Waals surface area contributed by atoms with Crippen molar-refractivity contribution in [2.45, 2.75) is 45.3 Å². The first-order chi connectivity index (χ1) is 13.2. The molecule has 1 aliphatic rings. The summed E-state index contributed by atoms with van der Waals surface area (Å²) in [6.45, 7) is 7.33. The lowest BCUT2D eigenvalue weighted by Gasteiger charge is -2.36. The van der Waals surface area contributed by atoms with Crippen molar-refractivity contribution in [2.24, 2.45) is 7.05 Å². The summed E-state index contributed by atoms with van der Waals surface area (Å²) in [7, 11) is 1.91. The Hall–Kier alpha value is -2.81. The quantitative estimate of drug-likeness (QED) is 0.631. The zero-order valence-corrected chi connectivity index (χ0v) is 16.7. The van der Waals surface area contributed by atoms with Crippen LogP contribution >= 0.6 is 0 Å². The first-order valence-electron chi connectivity index (χ1n) is 9.58. The molecule has 28 heavy (non-hydrogen) atoms. The number of anilines is 2. The fourth-order valence-corrected chi connectivity index (χ4v) is 3.84. The van der Waals surface area contributed by atoms with Crippen LogP contribution in [0.15, 0.2) is 17.1 Å². The lowest BCUT2D eigenvalue weighted by Crippen LogP contribution is -2.43. The van der Waals surface area contributed by atoms with Crippen LogP contribution in [0, 0.1) is 0 Å². The maximum Gasteiger partial charge on any atom is 0.264 e. The van der Waals surface area contributed by atoms with Crippen LogP contribution in [0.4, 0.5) is 11.6 Å². The van der Waals surface area contributed by atoms with Gasteiger partial charge in [0.15, 0.2) is 5.82 Å². The van der Waals surface area contributed by atoms with Gasteiger partial charge in [-0.2, -0.15) is 10.2 Å². The van der Waals surface area contributed by atoms with Gasteiger partial charge in [-0.05, 0) is 33.6 Å². The predicted molar refractivity (Wildman–Crippen MR) is 109 cm³/mol. The van der Waals surface area contributed by atoms with Crippen molar-refractivity contribution in [3.05, 3.63) is 22.6 Å². The van der Waals surface area contributed by atoms with Crippen LogP contribution in [0.5, 0.6) is 0 Å². The van der Waals surface area contributed by atoms with Crippen LogP contribution in [-0.4, -0.2) is 48.3 Å². The molecule has 0 aromatic carbocycles. The van der Waals surface area contributed by atoms with E-state index in [1.54, 1.807) is 4.57 Å². The van der Waals surface area contributed by atoms with Gasteiger partial charge in [0.25, 0.3) is 5.56 Å². The van der Waals surface area contributed by atoms with Crippen LogP contribution in [0.3, 0.4) is 0 Å². The van der Waals surface area contributed by atoms with Gasteiger partial charge in [0.1, 0.15) is 11.2 Å². The minimum Gasteiger partial charge on any atom is -0.390 e. The molecular formula is C19H27N7O2. The molecule has 1 aliphatic heterocycles. The average Bonchev–Trinajstić information content (AvgIpc) is 3.19. The maximum atomic E-state index is 12.8. The van der Waals surface area contributed by atoms with E-state index in [1.807, 2.05) is 44.8 Å². The van der Waals surface area contributed by atoms with Gasteiger partial charge in [-0.15, -0.1) is 0 Å². The topological polar surface area (TPSA) is 118 Å². The van der Waals surface area contributed by atoms with Gasteiger partial charge in [-0.3, -0.25) is 14.6 Å². The Morgan fingerprint density at radius 2 is 2.00 bits per heavy atom. The summed E-state index contributed by atoms with van der Waals surface area (Å²) >= 11 is 0. The van der Waals surface area contributed by atoms with E-state index in [9.17, 15) is 9.90 Å². The summed E-state index contributed by atoms with van der Waals surface area (Å²) in [6, 6.07) is 2.00. The number of piperidine rings is 1. The van der Waals surface area contributed by atoms with Gasteiger partial charge < -0.3 is 20.3 Å². The molecule has 3 aromatic rings. The molecular weight excluding hydrogens is 358 g/mol. The summed E-state index contributed by atoms with van der Waals surface area (Å²) in [4.78, 5) is 15.0. The monoisotopic (exact) mass is 385 g/mol. The fraction of sp³-hybridized carbons (Fsp3) is 0.526. The third kappa shape index (κ3) is 2.95. The normalized spacial score (nSPS) is 17.0. The SMILES string of the molecule is CC(C)n1cc(-c2cc(N3CCC(C)(O)CC3)n(C)n2)c2[nH]nc(N)c2c1=O. The molecule has 150 valence electrons. The second-order valence-corrected chi connectivity index (χ2v) is 8.20. The Kier molecular flexibility index (Phi) is 4.22. The van der Waals surface area contributed by atoms with E-state index in [0.717, 1.165) is 30.2 Å². The molecule has 0 atom stereocenters. The van der Waals surface area contributed by atoms with Gasteiger partial charge in [0.2, 0.25) is 0 Å². The summed E-state index contributed by atoms with van der Waals surface area (Å²) < 4.78 is 3.50. The van der Waals surface area contributed by atoms with Crippen LogP contribution in [0.1, 0.15) is 39.7 Å². The Balaban J connectivity index is 1.81. The Morgan fingerprint density at radius 3 is 2.64 bits per heavy atom. The number of aromatic nitrogens is 5. The van der Waals surface area contributed by atoms with Crippen molar-refractivity contribution in [1.29, 1.82) is 0 Å². The average molecular weight is 385 g/mol. The Morgan fingerprint density at radius 1 is 1.32 bits per heavy atom. The number of aromatic amines is 1. The molecule has 4 heterocycles. The molecule has 0 saturated carbocycles. The molecule has 1 saturated heterocycles. The highest BCUT2D eigenvalue weighted by molar-refractivity contribution is 5.97. The smallest absolute Gasteiger partial charge is 0.264 e. The predicted octanol–water partition coefficient (Wildman–Crippen LogP) is 1.64. The number of aryl methyl sites for hydroxylation is 1. The van der Waals surface area contributed by atoms with E-state index in [4.69, 9.17) is 10.8 Å². The lowest BCUT2D eigenvalue weighted by atomic mass is 9.94. The molecule has 0 unspecified atom stereocenters. The fourth-order valence-electron chi connectivity index (χ4n) is 3.84. The van der Waals surface area contributed by atoms with Crippen LogP contribution in [-0.2, 0) is 7.05 Å². The number of nitrogen functional groups attached to an aromatic ring is 1. The summed E-state index contributed by atoms with van der Waals surface area (Å²) in [5.41, 5.74) is 7.33. The highest BCUT2D eigenvalue weighted by atomic mass is 16.3. The molecule has 0 aliphatic carbocycles. The van der Waals surface area contributed by atoms with E-state index in [2.05, 4.69) is 15.1 Å². The minimum atomic E-state index is -0.607. The van der Waals surface area contributed by atoms with Crippen molar-refractivity contribution in [3.63, 3.8) is 0 Å². The van der Waals surface area contributed by atoms with Crippen molar-refractivity contribution in [1.82, 2.24) is 24.5 Å². The largest absolute Gasteiger partial charge is 0.390 e. The molecule has 4 N–H and O–H groups in total. The molecule has 1 fully saturated rings. The van der Waals surface area contributed by atoms with Gasteiger partial charge in [-0.25, -0.2) is 0 Å². The van der Waals surface area contributed by atoms with Gasteiger partial charge in [0, 0.05) is 44.0 Å². The number of H-pyrrole nitrogens is 1. The van der Waals surface area contributed by atoms with E-state index in [0.29, 0.717) is 23.7 Å². The van der Waals surface area contributed by atoms with E-state index in [1.165, 1.54) is 0 Å². The summed E-state index contributed by atoms with van der Waals surface area (Å²) in [6.07, 6.45) is 3.25. The summed E-state index contributed by atoms with van der Waals surface area (Å²) in [5, 5.41) is 22.2. The van der Waals surface area contributed by atoms with Crippen molar-refractivity contribution in [2.75, 3.05) is 23.7 Å². The second kappa shape index (κ2) is 6.37. The molecule has 4 rings (SSSR count). The number of nitrogens with two attached hydrogens (primary N) is 1. The maximum absolute atomic E-state index is 12.8. The zero-order valence-electron chi connectivity index (χ0n) is 16.7. The molecule has 0 bridgehead atoms. The van der Waals surface area contributed by atoms with Crippen molar-refractivity contribution in [3.8, 4) is 11.3 Å². The Labute approximate surface area is 162 Å². The highest BCUT2D eigenvalue weighted by Crippen LogP contribution is 2.32. The molecule has 0 spiro atoms. The number of aliphatic hydroxyl groups is 1. The number of pyridine rings is 1. The molecule has 9 nitrogen and oxygen atoms in total. The van der Waals surface area contributed by atoms with Crippen LogP contribution < -0.4 is 16.2 Å². The van der Waals surface area contributed by atoms with Gasteiger partial charge >= 0.3 is 0 Å². The lowest BCUT2D eigenvalue weighted by molar-refractivity contribution is 0.0349. The first-order valence-corrected chi connectivity index (χ1v) is 9.58. The third-order valence-electron chi connectivity index (χ3n) is 5.63. The minimum absolute atomic E-state index is 0.0162. The first kappa shape index (κ1) is 18.5. The number of rotatable bonds is 3. The molecule has 3 aromatic heterocycles. The number of fused-ring (bicyclic) bond motifs is 1.